The number of ether oxygens (including phenoxy) is 2. The zero-order chi connectivity index (χ0) is 17.9. The first kappa shape index (κ1) is 18.5. The molecule has 0 bridgehead atoms. The van der Waals surface area contributed by atoms with Crippen LogP contribution in [0.2, 0.25) is 0 Å². The van der Waals surface area contributed by atoms with E-state index in [1.807, 2.05) is 55.5 Å². The minimum absolute atomic E-state index is 0.303. The van der Waals surface area contributed by atoms with Crippen molar-refractivity contribution >= 4 is 11.9 Å². The number of nitrogens with one attached hydrogen (secondary N) is 1. The third-order valence-corrected chi connectivity index (χ3v) is 3.58. The van der Waals surface area contributed by atoms with Gasteiger partial charge in [0, 0.05) is 6.54 Å². The van der Waals surface area contributed by atoms with Gasteiger partial charge in [0.25, 0.3) is 5.91 Å². The summed E-state index contributed by atoms with van der Waals surface area (Å²) in [6.07, 6.45) is 0.470. The molecule has 1 amide bonds. The number of carbonyl (C=O) groups is 2. The van der Waals surface area contributed by atoms with Crippen LogP contribution in [-0.4, -0.2) is 31.1 Å². The first-order valence-electron chi connectivity index (χ1n) is 8.38. The van der Waals surface area contributed by atoms with Gasteiger partial charge in [0.1, 0.15) is 5.75 Å². The van der Waals surface area contributed by atoms with Crippen LogP contribution in [0.5, 0.6) is 5.75 Å². The third kappa shape index (κ3) is 6.67. The average molecular weight is 341 g/mol. The Morgan fingerprint density at radius 2 is 1.64 bits per heavy atom. The number of rotatable bonds is 9. The second-order valence-electron chi connectivity index (χ2n) is 5.52. The van der Waals surface area contributed by atoms with E-state index >= 15 is 0 Å². The highest BCUT2D eigenvalue weighted by atomic mass is 16.6. The van der Waals surface area contributed by atoms with Gasteiger partial charge < -0.3 is 14.8 Å². The Morgan fingerprint density at radius 1 is 1.00 bits per heavy atom. The molecule has 0 radical (unpaired) electrons. The summed E-state index contributed by atoms with van der Waals surface area (Å²) in [6.45, 7) is 2.02. The van der Waals surface area contributed by atoms with Crippen molar-refractivity contribution in [3.63, 3.8) is 0 Å². The molecule has 0 aromatic heterocycles. The van der Waals surface area contributed by atoms with Crippen molar-refractivity contribution in [1.82, 2.24) is 5.32 Å². The Kier molecular flexibility index (Phi) is 7.50. The monoisotopic (exact) mass is 341 g/mol. The molecule has 0 unspecified atom stereocenters. The van der Waals surface area contributed by atoms with Crippen LogP contribution >= 0.6 is 0 Å². The summed E-state index contributed by atoms with van der Waals surface area (Å²) < 4.78 is 10.6. The Hall–Kier alpha value is -2.82. The lowest BCUT2D eigenvalue weighted by Crippen LogP contribution is -2.34. The normalized spacial score (nSPS) is 11.4. The summed E-state index contributed by atoms with van der Waals surface area (Å²) in [5.74, 6) is -0.262. The second-order valence-corrected chi connectivity index (χ2v) is 5.52. The van der Waals surface area contributed by atoms with Crippen molar-refractivity contribution in [2.24, 2.45) is 0 Å². The van der Waals surface area contributed by atoms with Crippen molar-refractivity contribution in [3.05, 3.63) is 66.2 Å². The van der Waals surface area contributed by atoms with Gasteiger partial charge >= 0.3 is 5.97 Å². The Bertz CT molecular complexity index is 658. The predicted octanol–water partition coefficient (Wildman–Crippen LogP) is 2.75. The Labute approximate surface area is 148 Å². The maximum absolute atomic E-state index is 12.1. The summed E-state index contributed by atoms with van der Waals surface area (Å²) in [5, 5.41) is 2.74. The van der Waals surface area contributed by atoms with Gasteiger partial charge in [0.05, 0.1) is 0 Å². The fraction of sp³-hybridized carbons (Fsp3) is 0.300. The first-order chi connectivity index (χ1) is 12.2. The molecule has 0 fully saturated rings. The molecule has 0 saturated heterocycles. The van der Waals surface area contributed by atoms with E-state index in [4.69, 9.17) is 9.47 Å². The van der Waals surface area contributed by atoms with Crippen molar-refractivity contribution < 1.29 is 19.1 Å². The molecule has 1 atom stereocenters. The number of carbonyl (C=O) groups excluding carboxylic acids is 2. The van der Waals surface area contributed by atoms with E-state index in [1.165, 1.54) is 0 Å². The Balaban J connectivity index is 1.69. The van der Waals surface area contributed by atoms with E-state index in [1.54, 1.807) is 12.1 Å². The third-order valence-electron chi connectivity index (χ3n) is 3.58. The molecule has 5 nitrogen and oxygen atoms in total. The van der Waals surface area contributed by atoms with Crippen LogP contribution in [0.4, 0.5) is 0 Å². The fourth-order valence-electron chi connectivity index (χ4n) is 2.23. The summed E-state index contributed by atoms with van der Waals surface area (Å²) in [6, 6.07) is 18.9. The van der Waals surface area contributed by atoms with Crippen LogP contribution in [0.1, 0.15) is 18.9 Å². The van der Waals surface area contributed by atoms with E-state index < -0.39 is 12.1 Å². The standard InChI is InChI=1S/C20H23NO4/c1-2-18(25-17-11-7-4-8-12-17)20(23)24-15-19(22)21-14-13-16-9-5-3-6-10-16/h3-12,18H,2,13-15H2,1H3,(H,21,22)/t18-/m1/s1. The minimum Gasteiger partial charge on any atom is -0.479 e. The van der Waals surface area contributed by atoms with Crippen LogP contribution in [0.25, 0.3) is 0 Å². The largest absolute Gasteiger partial charge is 0.479 e. The maximum Gasteiger partial charge on any atom is 0.347 e. The lowest BCUT2D eigenvalue weighted by molar-refractivity contribution is -0.155. The van der Waals surface area contributed by atoms with Gasteiger partial charge in [-0.1, -0.05) is 55.5 Å². The van der Waals surface area contributed by atoms with E-state index in [2.05, 4.69) is 5.32 Å². The average Bonchev–Trinajstić information content (AvgIpc) is 2.66. The SMILES string of the molecule is CC[C@@H](Oc1ccccc1)C(=O)OCC(=O)NCCc1ccccc1. The fourth-order valence-corrected chi connectivity index (χ4v) is 2.23. The van der Waals surface area contributed by atoms with Gasteiger partial charge in [-0.05, 0) is 30.5 Å². The number of esters is 1. The van der Waals surface area contributed by atoms with Gasteiger partial charge in [0.2, 0.25) is 0 Å². The van der Waals surface area contributed by atoms with E-state index in [0.717, 1.165) is 12.0 Å². The van der Waals surface area contributed by atoms with E-state index in [0.29, 0.717) is 18.7 Å². The molecule has 5 heteroatoms. The molecule has 2 rings (SSSR count). The highest BCUT2D eigenvalue weighted by molar-refractivity contribution is 5.82. The molecule has 2 aromatic carbocycles. The highest BCUT2D eigenvalue weighted by Crippen LogP contribution is 2.13. The summed E-state index contributed by atoms with van der Waals surface area (Å²) in [7, 11) is 0. The van der Waals surface area contributed by atoms with Gasteiger partial charge in [-0.15, -0.1) is 0 Å². The van der Waals surface area contributed by atoms with Crippen LogP contribution < -0.4 is 10.1 Å². The maximum atomic E-state index is 12.1. The summed E-state index contributed by atoms with van der Waals surface area (Å²) >= 11 is 0. The lowest BCUT2D eigenvalue weighted by atomic mass is 10.1. The van der Waals surface area contributed by atoms with Crippen LogP contribution in [0.3, 0.4) is 0 Å². The molecular formula is C20H23NO4. The smallest absolute Gasteiger partial charge is 0.347 e. The summed E-state index contributed by atoms with van der Waals surface area (Å²) in [4.78, 5) is 23.8. The van der Waals surface area contributed by atoms with Gasteiger partial charge in [-0.3, -0.25) is 4.79 Å². The number of amides is 1. The molecule has 1 N–H and O–H groups in total. The van der Waals surface area contributed by atoms with Crippen LogP contribution in [0.15, 0.2) is 60.7 Å². The van der Waals surface area contributed by atoms with Crippen molar-refractivity contribution in [1.29, 1.82) is 0 Å². The molecule has 0 aliphatic rings. The molecule has 0 heterocycles. The number of hydrogen-bond acceptors (Lipinski definition) is 4. The topological polar surface area (TPSA) is 64.6 Å². The Morgan fingerprint density at radius 3 is 2.28 bits per heavy atom. The zero-order valence-electron chi connectivity index (χ0n) is 14.3. The highest BCUT2D eigenvalue weighted by Gasteiger charge is 2.21. The van der Waals surface area contributed by atoms with E-state index in [-0.39, 0.29) is 12.5 Å². The molecule has 25 heavy (non-hydrogen) atoms. The van der Waals surface area contributed by atoms with Crippen molar-refractivity contribution in [2.75, 3.05) is 13.2 Å². The van der Waals surface area contributed by atoms with Crippen LogP contribution in [0, 0.1) is 0 Å². The van der Waals surface area contributed by atoms with Crippen LogP contribution in [-0.2, 0) is 20.7 Å². The van der Waals surface area contributed by atoms with Gasteiger partial charge in [-0.2, -0.15) is 0 Å². The van der Waals surface area contributed by atoms with Gasteiger partial charge in [0.15, 0.2) is 12.7 Å². The number of para-hydroxylation sites is 1. The second kappa shape index (κ2) is 10.1. The number of benzene rings is 2. The number of hydrogen-bond donors (Lipinski definition) is 1. The molecule has 132 valence electrons. The predicted molar refractivity (Wildman–Crippen MR) is 95.3 cm³/mol. The lowest BCUT2D eigenvalue weighted by Gasteiger charge is -2.16. The first-order valence-corrected chi connectivity index (χ1v) is 8.38. The molecular weight excluding hydrogens is 318 g/mol. The van der Waals surface area contributed by atoms with Gasteiger partial charge in [-0.25, -0.2) is 4.79 Å². The molecule has 2 aromatic rings. The molecule has 0 saturated carbocycles. The van der Waals surface area contributed by atoms with Crippen molar-refractivity contribution in [2.45, 2.75) is 25.9 Å². The quantitative estimate of drug-likeness (QED) is 0.712. The summed E-state index contributed by atoms with van der Waals surface area (Å²) in [5.41, 5.74) is 1.14. The van der Waals surface area contributed by atoms with Crippen molar-refractivity contribution in [3.8, 4) is 5.75 Å². The molecule has 0 spiro atoms. The molecule has 0 aliphatic carbocycles. The zero-order valence-corrected chi connectivity index (χ0v) is 14.3. The van der Waals surface area contributed by atoms with E-state index in [9.17, 15) is 9.59 Å². The molecule has 0 aliphatic heterocycles. The minimum atomic E-state index is -0.723.